The number of hydrogen-bond acceptors (Lipinski definition) is 6. The van der Waals surface area contributed by atoms with E-state index in [1.807, 2.05) is 60.7 Å². The topological polar surface area (TPSA) is 84.0 Å². The summed E-state index contributed by atoms with van der Waals surface area (Å²) in [5.41, 5.74) is 7.27. The number of nitrogens with one attached hydrogen (secondary N) is 2. The van der Waals surface area contributed by atoms with Crippen LogP contribution in [0.15, 0.2) is 70.6 Å². The van der Waals surface area contributed by atoms with Crippen LogP contribution in [-0.4, -0.2) is 25.1 Å². The molecule has 0 aliphatic carbocycles. The molecule has 2 heterocycles. The SMILES string of the molecule is NC1=NC(c2ccccc2)(C2COC2)N=C(Nc2ccccc2)N1. The summed E-state index contributed by atoms with van der Waals surface area (Å²) in [7, 11) is 0. The maximum atomic E-state index is 6.09. The third-order valence-corrected chi connectivity index (χ3v) is 4.26. The molecule has 0 saturated carbocycles. The molecule has 1 unspecified atom stereocenters. The number of nitrogens with two attached hydrogens (primary N) is 1. The molecule has 0 aromatic heterocycles. The van der Waals surface area contributed by atoms with E-state index in [9.17, 15) is 0 Å². The molecule has 2 aromatic carbocycles. The summed E-state index contributed by atoms with van der Waals surface area (Å²) in [6.07, 6.45) is 0. The molecule has 2 aromatic rings. The summed E-state index contributed by atoms with van der Waals surface area (Å²) >= 11 is 0. The van der Waals surface area contributed by atoms with Gasteiger partial charge in [-0.15, -0.1) is 0 Å². The zero-order valence-corrected chi connectivity index (χ0v) is 13.1. The van der Waals surface area contributed by atoms with Crippen molar-refractivity contribution in [3.05, 3.63) is 66.2 Å². The molecular weight excluding hydrogens is 302 g/mol. The minimum atomic E-state index is -0.758. The van der Waals surface area contributed by atoms with Crippen LogP contribution in [-0.2, 0) is 10.4 Å². The van der Waals surface area contributed by atoms with Crippen LogP contribution in [0, 0.1) is 5.92 Å². The van der Waals surface area contributed by atoms with Crippen molar-refractivity contribution in [1.82, 2.24) is 5.32 Å². The monoisotopic (exact) mass is 321 g/mol. The van der Waals surface area contributed by atoms with Crippen LogP contribution in [0.5, 0.6) is 0 Å². The van der Waals surface area contributed by atoms with E-state index in [-0.39, 0.29) is 5.92 Å². The molecule has 0 amide bonds. The second kappa shape index (κ2) is 5.98. The van der Waals surface area contributed by atoms with Gasteiger partial charge >= 0.3 is 0 Å². The maximum absolute atomic E-state index is 6.09. The van der Waals surface area contributed by atoms with Gasteiger partial charge in [-0.2, -0.15) is 0 Å². The summed E-state index contributed by atoms with van der Waals surface area (Å²) in [6, 6.07) is 19.9. The van der Waals surface area contributed by atoms with Gasteiger partial charge in [-0.1, -0.05) is 48.5 Å². The van der Waals surface area contributed by atoms with Gasteiger partial charge in [0.1, 0.15) is 0 Å². The lowest BCUT2D eigenvalue weighted by Crippen LogP contribution is -2.53. The Labute approximate surface area is 140 Å². The Morgan fingerprint density at radius 3 is 2.29 bits per heavy atom. The van der Waals surface area contributed by atoms with Crippen molar-refractivity contribution in [2.45, 2.75) is 5.66 Å². The molecular formula is C18H19N5O. The molecule has 4 N–H and O–H groups in total. The fourth-order valence-electron chi connectivity index (χ4n) is 2.97. The van der Waals surface area contributed by atoms with E-state index in [1.54, 1.807) is 0 Å². The van der Waals surface area contributed by atoms with Crippen LogP contribution in [0.1, 0.15) is 5.56 Å². The van der Waals surface area contributed by atoms with E-state index >= 15 is 0 Å². The minimum absolute atomic E-state index is 0.160. The second-order valence-electron chi connectivity index (χ2n) is 5.90. The molecule has 2 aliphatic heterocycles. The fraction of sp³-hybridized carbons (Fsp3) is 0.222. The number of rotatable bonds is 3. The standard InChI is InChI=1S/C18H19N5O/c19-16-21-17(20-15-9-5-2-6-10-15)23-18(22-16,14-11-24-12-14)13-7-3-1-4-8-13/h1-10,14H,11-12H2,(H4,19,20,21,22,23). The maximum Gasteiger partial charge on any atom is 0.205 e. The Hall–Kier alpha value is -2.86. The predicted molar refractivity (Wildman–Crippen MR) is 94.7 cm³/mol. The Bertz CT molecular complexity index is 771. The number of hydrogen-bond donors (Lipinski definition) is 3. The van der Waals surface area contributed by atoms with E-state index in [2.05, 4.69) is 15.6 Å². The van der Waals surface area contributed by atoms with Crippen molar-refractivity contribution in [2.24, 2.45) is 21.6 Å². The van der Waals surface area contributed by atoms with E-state index in [0.717, 1.165) is 11.3 Å². The quantitative estimate of drug-likeness (QED) is 0.806. The highest BCUT2D eigenvalue weighted by Crippen LogP contribution is 2.40. The first kappa shape index (κ1) is 14.7. The van der Waals surface area contributed by atoms with E-state index in [0.29, 0.717) is 25.1 Å². The predicted octanol–water partition coefficient (Wildman–Crippen LogP) is 1.87. The molecule has 6 heteroatoms. The van der Waals surface area contributed by atoms with Gasteiger partial charge in [0.2, 0.25) is 5.96 Å². The smallest absolute Gasteiger partial charge is 0.205 e. The molecule has 4 rings (SSSR count). The average molecular weight is 321 g/mol. The molecule has 122 valence electrons. The number of para-hydroxylation sites is 1. The van der Waals surface area contributed by atoms with Gasteiger partial charge in [-0.05, 0) is 12.1 Å². The molecule has 1 atom stereocenters. The molecule has 2 aliphatic rings. The van der Waals surface area contributed by atoms with Gasteiger partial charge in [-0.3, -0.25) is 5.32 Å². The highest BCUT2D eigenvalue weighted by molar-refractivity contribution is 6.06. The number of aliphatic imine (C=N–C) groups is 2. The zero-order chi connectivity index (χ0) is 16.4. The van der Waals surface area contributed by atoms with Crippen molar-refractivity contribution in [2.75, 3.05) is 18.5 Å². The number of benzene rings is 2. The Balaban J connectivity index is 1.75. The van der Waals surface area contributed by atoms with Gasteiger partial charge in [0.25, 0.3) is 0 Å². The molecule has 6 nitrogen and oxygen atoms in total. The Morgan fingerprint density at radius 2 is 1.67 bits per heavy atom. The molecule has 0 spiro atoms. The van der Waals surface area contributed by atoms with Crippen molar-refractivity contribution in [3.8, 4) is 0 Å². The van der Waals surface area contributed by atoms with Crippen molar-refractivity contribution < 1.29 is 4.74 Å². The highest BCUT2D eigenvalue weighted by atomic mass is 16.5. The second-order valence-corrected chi connectivity index (χ2v) is 5.90. The third-order valence-electron chi connectivity index (χ3n) is 4.26. The van der Waals surface area contributed by atoms with E-state index < -0.39 is 5.66 Å². The zero-order valence-electron chi connectivity index (χ0n) is 13.1. The normalized spacial score (nSPS) is 23.5. The van der Waals surface area contributed by atoms with Crippen LogP contribution < -0.4 is 16.4 Å². The lowest BCUT2D eigenvalue weighted by atomic mass is 9.85. The van der Waals surface area contributed by atoms with Crippen molar-refractivity contribution >= 4 is 17.6 Å². The van der Waals surface area contributed by atoms with Crippen molar-refractivity contribution in [1.29, 1.82) is 0 Å². The number of nitrogens with zero attached hydrogens (tertiary/aromatic N) is 2. The van der Waals surface area contributed by atoms with Crippen LogP contribution >= 0.6 is 0 Å². The first-order chi connectivity index (χ1) is 11.8. The van der Waals surface area contributed by atoms with Crippen LogP contribution in [0.2, 0.25) is 0 Å². The molecule has 0 radical (unpaired) electrons. The van der Waals surface area contributed by atoms with Crippen molar-refractivity contribution in [3.63, 3.8) is 0 Å². The number of anilines is 1. The molecule has 24 heavy (non-hydrogen) atoms. The van der Waals surface area contributed by atoms with Gasteiger partial charge < -0.3 is 15.8 Å². The van der Waals surface area contributed by atoms with Gasteiger partial charge in [0, 0.05) is 11.3 Å². The number of guanidine groups is 2. The Morgan fingerprint density at radius 1 is 1.00 bits per heavy atom. The molecule has 1 saturated heterocycles. The Kier molecular flexibility index (Phi) is 3.66. The summed E-state index contributed by atoms with van der Waals surface area (Å²) in [5, 5.41) is 6.29. The summed E-state index contributed by atoms with van der Waals surface area (Å²) < 4.78 is 5.40. The summed E-state index contributed by atoms with van der Waals surface area (Å²) in [5.74, 6) is 1.09. The summed E-state index contributed by atoms with van der Waals surface area (Å²) in [6.45, 7) is 1.24. The minimum Gasteiger partial charge on any atom is -0.380 e. The highest BCUT2D eigenvalue weighted by Gasteiger charge is 2.46. The number of ether oxygens (including phenoxy) is 1. The van der Waals surface area contributed by atoms with Gasteiger partial charge in [0.05, 0.1) is 19.1 Å². The first-order valence-corrected chi connectivity index (χ1v) is 7.94. The van der Waals surface area contributed by atoms with E-state index in [4.69, 9.17) is 15.5 Å². The van der Waals surface area contributed by atoms with Crippen LogP contribution in [0.4, 0.5) is 5.69 Å². The van der Waals surface area contributed by atoms with E-state index in [1.165, 1.54) is 0 Å². The largest absolute Gasteiger partial charge is 0.380 e. The third kappa shape index (κ3) is 2.61. The molecule has 1 fully saturated rings. The lowest BCUT2D eigenvalue weighted by Gasteiger charge is -2.41. The summed E-state index contributed by atoms with van der Waals surface area (Å²) in [4.78, 5) is 9.57. The average Bonchev–Trinajstić information content (AvgIpc) is 2.54. The fourth-order valence-corrected chi connectivity index (χ4v) is 2.97. The first-order valence-electron chi connectivity index (χ1n) is 7.94. The van der Waals surface area contributed by atoms with Crippen LogP contribution in [0.3, 0.4) is 0 Å². The lowest BCUT2D eigenvalue weighted by molar-refractivity contribution is -0.0694. The van der Waals surface area contributed by atoms with Gasteiger partial charge in [-0.25, -0.2) is 9.98 Å². The van der Waals surface area contributed by atoms with Crippen LogP contribution in [0.25, 0.3) is 0 Å². The molecule has 0 bridgehead atoms. The van der Waals surface area contributed by atoms with Gasteiger partial charge in [0.15, 0.2) is 11.6 Å².